The molecule has 0 aliphatic heterocycles. The first-order chi connectivity index (χ1) is 10.0. The Balaban J connectivity index is 2.73. The molecule has 1 aromatic rings. The molecule has 1 aromatic carbocycles. The summed E-state index contributed by atoms with van der Waals surface area (Å²) in [6.45, 7) is 4.84. The zero-order chi connectivity index (χ0) is 15.8. The molecule has 0 atom stereocenters. The van der Waals surface area contributed by atoms with Gasteiger partial charge >= 0.3 is 0 Å². The average Bonchev–Trinajstić information content (AvgIpc) is 2.49. The molecule has 0 heterocycles. The molecule has 0 spiro atoms. The number of hydrogen-bond acceptors (Lipinski definition) is 4. The third kappa shape index (κ3) is 5.17. The molecule has 0 saturated heterocycles. The van der Waals surface area contributed by atoms with Crippen molar-refractivity contribution in [2.75, 3.05) is 27.9 Å². The van der Waals surface area contributed by atoms with E-state index in [4.69, 9.17) is 14.2 Å². The highest BCUT2D eigenvalue weighted by Crippen LogP contribution is 2.38. The number of carbonyl (C=O) groups is 1. The maximum Gasteiger partial charge on any atom is 0.220 e. The van der Waals surface area contributed by atoms with Crippen LogP contribution in [0.3, 0.4) is 0 Å². The molecule has 0 saturated carbocycles. The Bertz CT molecular complexity index is 446. The summed E-state index contributed by atoms with van der Waals surface area (Å²) in [5.41, 5.74) is 0.976. The van der Waals surface area contributed by atoms with Gasteiger partial charge in [-0.25, -0.2) is 0 Å². The van der Waals surface area contributed by atoms with Crippen molar-refractivity contribution in [3.8, 4) is 17.2 Å². The fourth-order valence-corrected chi connectivity index (χ4v) is 1.94. The van der Waals surface area contributed by atoms with Crippen molar-refractivity contribution in [1.82, 2.24) is 5.32 Å². The molecule has 21 heavy (non-hydrogen) atoms. The van der Waals surface area contributed by atoms with Crippen molar-refractivity contribution in [3.63, 3.8) is 0 Å². The Kier molecular flexibility index (Phi) is 6.85. The summed E-state index contributed by atoms with van der Waals surface area (Å²) in [6, 6.07) is 3.74. The Morgan fingerprint density at radius 3 is 2.10 bits per heavy atom. The number of benzene rings is 1. The Morgan fingerprint density at radius 2 is 1.67 bits per heavy atom. The molecule has 0 radical (unpaired) electrons. The second-order valence-corrected chi connectivity index (χ2v) is 5.23. The molecule has 0 aliphatic carbocycles. The molecule has 5 heteroatoms. The molecule has 0 aliphatic rings. The highest BCUT2D eigenvalue weighted by atomic mass is 16.5. The molecule has 1 amide bonds. The number of carbonyl (C=O) groups excluding carboxylic acids is 1. The third-order valence-electron chi connectivity index (χ3n) is 3.07. The minimum absolute atomic E-state index is 0.0532. The van der Waals surface area contributed by atoms with E-state index in [9.17, 15) is 4.79 Å². The lowest BCUT2D eigenvalue weighted by Gasteiger charge is -2.14. The van der Waals surface area contributed by atoms with Crippen LogP contribution >= 0.6 is 0 Å². The number of aryl methyl sites for hydroxylation is 1. The van der Waals surface area contributed by atoms with Crippen LogP contribution in [0.15, 0.2) is 12.1 Å². The van der Waals surface area contributed by atoms with Gasteiger partial charge in [0.2, 0.25) is 11.7 Å². The molecule has 0 aromatic heterocycles. The minimum atomic E-state index is 0.0532. The lowest BCUT2D eigenvalue weighted by Crippen LogP contribution is -2.27. The summed E-state index contributed by atoms with van der Waals surface area (Å²) in [5.74, 6) is 2.28. The van der Waals surface area contributed by atoms with Gasteiger partial charge in [0.25, 0.3) is 0 Å². The zero-order valence-corrected chi connectivity index (χ0v) is 13.5. The van der Waals surface area contributed by atoms with Crippen LogP contribution in [0.25, 0.3) is 0 Å². The van der Waals surface area contributed by atoms with E-state index in [0.29, 0.717) is 42.6 Å². The minimum Gasteiger partial charge on any atom is -0.493 e. The molecule has 0 fully saturated rings. The second-order valence-electron chi connectivity index (χ2n) is 5.23. The number of nitrogens with one attached hydrogen (secondary N) is 1. The van der Waals surface area contributed by atoms with Gasteiger partial charge in [0, 0.05) is 13.0 Å². The third-order valence-corrected chi connectivity index (χ3v) is 3.07. The van der Waals surface area contributed by atoms with E-state index in [1.54, 1.807) is 21.3 Å². The van der Waals surface area contributed by atoms with E-state index in [0.717, 1.165) is 5.56 Å². The Labute approximate surface area is 126 Å². The van der Waals surface area contributed by atoms with Gasteiger partial charge in [-0.2, -0.15) is 0 Å². The van der Waals surface area contributed by atoms with Crippen molar-refractivity contribution in [1.29, 1.82) is 0 Å². The average molecular weight is 295 g/mol. The fraction of sp³-hybridized carbons (Fsp3) is 0.562. The predicted octanol–water partition coefficient (Wildman–Crippen LogP) is 2.42. The van der Waals surface area contributed by atoms with Crippen LogP contribution in [0.4, 0.5) is 0 Å². The monoisotopic (exact) mass is 295 g/mol. The summed E-state index contributed by atoms with van der Waals surface area (Å²) < 4.78 is 15.9. The highest BCUT2D eigenvalue weighted by Gasteiger charge is 2.13. The Morgan fingerprint density at radius 1 is 1.10 bits per heavy atom. The summed E-state index contributed by atoms with van der Waals surface area (Å²) in [6.07, 6.45) is 1.06. The second kappa shape index (κ2) is 8.39. The van der Waals surface area contributed by atoms with Crippen LogP contribution in [-0.2, 0) is 11.2 Å². The smallest absolute Gasteiger partial charge is 0.220 e. The molecular weight excluding hydrogens is 270 g/mol. The maximum absolute atomic E-state index is 11.8. The predicted molar refractivity (Wildman–Crippen MR) is 82.3 cm³/mol. The maximum atomic E-state index is 11.8. The van der Waals surface area contributed by atoms with Crippen LogP contribution in [-0.4, -0.2) is 33.8 Å². The molecule has 118 valence electrons. The lowest BCUT2D eigenvalue weighted by atomic mass is 10.1. The van der Waals surface area contributed by atoms with Crippen LogP contribution in [0, 0.1) is 5.92 Å². The SMILES string of the molecule is COc1cc(CCC(=O)NCC(C)C)cc(OC)c1OC. The van der Waals surface area contributed by atoms with Crippen molar-refractivity contribution in [2.45, 2.75) is 26.7 Å². The molecular formula is C16H25NO4. The highest BCUT2D eigenvalue weighted by molar-refractivity contribution is 5.76. The van der Waals surface area contributed by atoms with Gasteiger partial charge in [0.1, 0.15) is 0 Å². The van der Waals surface area contributed by atoms with Crippen molar-refractivity contribution in [2.24, 2.45) is 5.92 Å². The molecule has 0 bridgehead atoms. The first-order valence-electron chi connectivity index (χ1n) is 7.07. The van der Waals surface area contributed by atoms with E-state index in [1.807, 2.05) is 12.1 Å². The van der Waals surface area contributed by atoms with Gasteiger partial charge in [-0.3, -0.25) is 4.79 Å². The molecule has 1 rings (SSSR count). The van der Waals surface area contributed by atoms with Gasteiger partial charge in [-0.15, -0.1) is 0 Å². The largest absolute Gasteiger partial charge is 0.493 e. The van der Waals surface area contributed by atoms with E-state index >= 15 is 0 Å². The van der Waals surface area contributed by atoms with Crippen LogP contribution in [0.1, 0.15) is 25.8 Å². The number of rotatable bonds is 8. The normalized spacial score (nSPS) is 10.4. The number of hydrogen-bond donors (Lipinski definition) is 1. The quantitative estimate of drug-likeness (QED) is 0.800. The van der Waals surface area contributed by atoms with Crippen LogP contribution in [0.2, 0.25) is 0 Å². The molecule has 1 N–H and O–H groups in total. The summed E-state index contributed by atoms with van der Waals surface area (Å²) >= 11 is 0. The fourth-order valence-electron chi connectivity index (χ4n) is 1.94. The van der Waals surface area contributed by atoms with Crippen molar-refractivity contribution in [3.05, 3.63) is 17.7 Å². The van der Waals surface area contributed by atoms with Crippen molar-refractivity contribution < 1.29 is 19.0 Å². The summed E-state index contributed by atoms with van der Waals surface area (Å²) in [7, 11) is 4.73. The van der Waals surface area contributed by atoms with Gasteiger partial charge in [-0.1, -0.05) is 13.8 Å². The van der Waals surface area contributed by atoms with Crippen LogP contribution < -0.4 is 19.5 Å². The first kappa shape index (κ1) is 17.1. The summed E-state index contributed by atoms with van der Waals surface area (Å²) in [4.78, 5) is 11.8. The summed E-state index contributed by atoms with van der Waals surface area (Å²) in [5, 5.41) is 2.91. The van der Waals surface area contributed by atoms with E-state index in [1.165, 1.54) is 0 Å². The Hall–Kier alpha value is -1.91. The standard InChI is InChI=1S/C16H25NO4/c1-11(2)10-17-15(18)7-6-12-8-13(19-3)16(21-5)14(9-12)20-4/h8-9,11H,6-7,10H2,1-5H3,(H,17,18). The number of ether oxygens (including phenoxy) is 3. The van der Waals surface area contributed by atoms with E-state index in [2.05, 4.69) is 19.2 Å². The lowest BCUT2D eigenvalue weighted by molar-refractivity contribution is -0.121. The number of amides is 1. The zero-order valence-electron chi connectivity index (χ0n) is 13.5. The van der Waals surface area contributed by atoms with Gasteiger partial charge in [0.05, 0.1) is 21.3 Å². The van der Waals surface area contributed by atoms with E-state index in [-0.39, 0.29) is 5.91 Å². The molecule has 5 nitrogen and oxygen atoms in total. The van der Waals surface area contributed by atoms with Gasteiger partial charge < -0.3 is 19.5 Å². The van der Waals surface area contributed by atoms with Gasteiger partial charge in [-0.05, 0) is 30.0 Å². The van der Waals surface area contributed by atoms with Crippen LogP contribution in [0.5, 0.6) is 17.2 Å². The topological polar surface area (TPSA) is 56.8 Å². The number of methoxy groups -OCH3 is 3. The van der Waals surface area contributed by atoms with Crippen molar-refractivity contribution >= 4 is 5.91 Å². The molecule has 0 unspecified atom stereocenters. The first-order valence-corrected chi connectivity index (χ1v) is 7.07. The van der Waals surface area contributed by atoms with Gasteiger partial charge in [0.15, 0.2) is 11.5 Å². The van der Waals surface area contributed by atoms with E-state index < -0.39 is 0 Å².